The molecule has 0 spiro atoms. The van der Waals surface area contributed by atoms with Crippen molar-refractivity contribution >= 4 is 17.7 Å². The molecule has 3 rings (SSSR count). The molecule has 1 atom stereocenters. The Kier molecular flexibility index (Phi) is 7.39. The number of piperidine rings is 1. The lowest BCUT2D eigenvalue weighted by molar-refractivity contribution is -0.123. The number of nitrogens with one attached hydrogen (secondary N) is 2. The van der Waals surface area contributed by atoms with Gasteiger partial charge in [-0.1, -0.05) is 42.0 Å². The highest BCUT2D eigenvalue weighted by molar-refractivity contribution is 5.94. The zero-order valence-electron chi connectivity index (χ0n) is 17.9. The molecule has 0 saturated carbocycles. The lowest BCUT2D eigenvalue weighted by Gasteiger charge is -2.33. The highest BCUT2D eigenvalue weighted by Gasteiger charge is 2.27. The summed E-state index contributed by atoms with van der Waals surface area (Å²) in [6, 6.07) is 13.2. The molecule has 7 heteroatoms. The van der Waals surface area contributed by atoms with E-state index in [1.165, 1.54) is 19.1 Å². The largest absolute Gasteiger partial charge is 0.353 e. The van der Waals surface area contributed by atoms with E-state index in [-0.39, 0.29) is 35.7 Å². The first kappa shape index (κ1) is 22.5. The molecule has 31 heavy (non-hydrogen) atoms. The molecule has 0 radical (unpaired) electrons. The van der Waals surface area contributed by atoms with Crippen molar-refractivity contribution in [1.82, 2.24) is 15.5 Å². The number of carbonyl (C=O) groups is 3. The minimum absolute atomic E-state index is 0.0619. The summed E-state index contributed by atoms with van der Waals surface area (Å²) >= 11 is 0. The van der Waals surface area contributed by atoms with E-state index in [0.29, 0.717) is 25.9 Å². The fourth-order valence-corrected chi connectivity index (χ4v) is 3.80. The van der Waals surface area contributed by atoms with Crippen molar-refractivity contribution < 1.29 is 18.8 Å². The summed E-state index contributed by atoms with van der Waals surface area (Å²) in [5.74, 6) is -1.20. The number of nitrogens with zero attached hydrogens (tertiary/aromatic N) is 1. The molecule has 0 bridgehead atoms. The van der Waals surface area contributed by atoms with E-state index in [1.807, 2.05) is 31.2 Å². The fraction of sp³-hybridized carbons (Fsp3) is 0.375. The number of benzene rings is 2. The molecule has 1 heterocycles. The number of carbonyl (C=O) groups excluding carboxylic acids is 3. The van der Waals surface area contributed by atoms with Crippen LogP contribution in [0.15, 0.2) is 48.5 Å². The predicted molar refractivity (Wildman–Crippen MR) is 116 cm³/mol. The zero-order valence-corrected chi connectivity index (χ0v) is 17.9. The normalized spacial score (nSPS) is 15.3. The molecule has 1 aliphatic rings. The van der Waals surface area contributed by atoms with Crippen LogP contribution in [0.4, 0.5) is 4.39 Å². The number of rotatable bonds is 6. The first-order valence-corrected chi connectivity index (χ1v) is 10.5. The van der Waals surface area contributed by atoms with Gasteiger partial charge < -0.3 is 15.5 Å². The Balaban J connectivity index is 1.54. The second-order valence-corrected chi connectivity index (χ2v) is 7.98. The number of halogens is 1. The van der Waals surface area contributed by atoms with Crippen LogP contribution in [0.1, 0.15) is 53.7 Å². The minimum atomic E-state index is -0.525. The van der Waals surface area contributed by atoms with E-state index in [2.05, 4.69) is 10.6 Å². The molecule has 1 saturated heterocycles. The number of likely N-dealkylation sites (tertiary alicyclic amines) is 1. The Morgan fingerprint density at radius 1 is 1.06 bits per heavy atom. The molecular formula is C24H28FN3O3. The predicted octanol–water partition coefficient (Wildman–Crippen LogP) is 3.12. The lowest BCUT2D eigenvalue weighted by atomic mass is 10.00. The van der Waals surface area contributed by atoms with Crippen LogP contribution in [-0.4, -0.2) is 41.8 Å². The molecule has 164 valence electrons. The molecule has 2 N–H and O–H groups in total. The standard InChI is InChI=1S/C24H28FN3O3/c1-16-7-9-18(10-8-16)22(26-17(2)29)15-23(30)27-19-11-13-28(14-12-19)24(31)20-5-3-4-6-21(20)25/h3-10,19,22H,11-15H2,1-2H3,(H,26,29)(H,27,30). The van der Waals surface area contributed by atoms with Gasteiger partial charge in [-0.25, -0.2) is 4.39 Å². The summed E-state index contributed by atoms with van der Waals surface area (Å²) in [4.78, 5) is 38.4. The molecule has 6 nitrogen and oxygen atoms in total. The van der Waals surface area contributed by atoms with E-state index in [1.54, 1.807) is 17.0 Å². The molecule has 3 amide bonds. The summed E-state index contributed by atoms with van der Waals surface area (Å²) in [6.45, 7) is 4.31. The van der Waals surface area contributed by atoms with Crippen molar-refractivity contribution in [3.05, 3.63) is 71.0 Å². The van der Waals surface area contributed by atoms with Gasteiger partial charge in [-0.3, -0.25) is 14.4 Å². The summed E-state index contributed by atoms with van der Waals surface area (Å²) < 4.78 is 13.9. The van der Waals surface area contributed by atoms with Gasteiger partial charge in [0.2, 0.25) is 11.8 Å². The second kappa shape index (κ2) is 10.2. The molecule has 1 aliphatic heterocycles. The lowest BCUT2D eigenvalue weighted by Crippen LogP contribution is -2.47. The van der Waals surface area contributed by atoms with Crippen LogP contribution in [0.25, 0.3) is 0 Å². The van der Waals surface area contributed by atoms with Crippen LogP contribution in [0.5, 0.6) is 0 Å². The summed E-state index contributed by atoms with van der Waals surface area (Å²) in [7, 11) is 0. The highest BCUT2D eigenvalue weighted by atomic mass is 19.1. The topological polar surface area (TPSA) is 78.5 Å². The molecule has 1 unspecified atom stereocenters. The van der Waals surface area contributed by atoms with Crippen LogP contribution >= 0.6 is 0 Å². The summed E-state index contributed by atoms with van der Waals surface area (Å²) in [5.41, 5.74) is 2.05. The highest BCUT2D eigenvalue weighted by Crippen LogP contribution is 2.19. The SMILES string of the molecule is CC(=O)NC(CC(=O)NC1CCN(C(=O)c2ccccc2F)CC1)c1ccc(C)cc1. The molecular weight excluding hydrogens is 397 g/mol. The maximum absolute atomic E-state index is 13.9. The first-order valence-electron chi connectivity index (χ1n) is 10.5. The Hall–Kier alpha value is -3.22. The summed E-state index contributed by atoms with van der Waals surface area (Å²) in [5, 5.41) is 5.85. The van der Waals surface area contributed by atoms with Crippen molar-refractivity contribution in [2.45, 2.75) is 45.2 Å². The van der Waals surface area contributed by atoms with E-state index in [0.717, 1.165) is 11.1 Å². The molecule has 2 aromatic carbocycles. The number of aryl methyl sites for hydroxylation is 1. The van der Waals surface area contributed by atoms with Crippen LogP contribution in [-0.2, 0) is 9.59 Å². The molecule has 0 aromatic heterocycles. The van der Waals surface area contributed by atoms with Crippen molar-refractivity contribution in [3.63, 3.8) is 0 Å². The van der Waals surface area contributed by atoms with Gasteiger partial charge in [-0.05, 0) is 37.5 Å². The Morgan fingerprint density at radius 3 is 2.32 bits per heavy atom. The van der Waals surface area contributed by atoms with Gasteiger partial charge in [0.25, 0.3) is 5.91 Å². The monoisotopic (exact) mass is 425 g/mol. The average molecular weight is 426 g/mol. The number of hydrogen-bond acceptors (Lipinski definition) is 3. The average Bonchev–Trinajstić information content (AvgIpc) is 2.74. The Morgan fingerprint density at radius 2 is 1.71 bits per heavy atom. The maximum atomic E-state index is 13.9. The van der Waals surface area contributed by atoms with Gasteiger partial charge in [0.05, 0.1) is 18.0 Å². The van der Waals surface area contributed by atoms with Gasteiger partial charge in [0.15, 0.2) is 0 Å². The smallest absolute Gasteiger partial charge is 0.256 e. The van der Waals surface area contributed by atoms with Gasteiger partial charge in [0, 0.05) is 26.1 Å². The van der Waals surface area contributed by atoms with E-state index in [9.17, 15) is 18.8 Å². The van der Waals surface area contributed by atoms with Gasteiger partial charge in [0.1, 0.15) is 5.82 Å². The number of hydrogen-bond donors (Lipinski definition) is 2. The van der Waals surface area contributed by atoms with Gasteiger partial charge in [-0.15, -0.1) is 0 Å². The van der Waals surface area contributed by atoms with Gasteiger partial charge >= 0.3 is 0 Å². The third-order valence-electron chi connectivity index (χ3n) is 5.50. The number of amides is 3. The third-order valence-corrected chi connectivity index (χ3v) is 5.50. The van der Waals surface area contributed by atoms with Crippen LogP contribution in [0.3, 0.4) is 0 Å². The Labute approximate surface area is 181 Å². The third kappa shape index (κ3) is 6.13. The van der Waals surface area contributed by atoms with Crippen molar-refractivity contribution in [3.8, 4) is 0 Å². The molecule has 0 aliphatic carbocycles. The quantitative estimate of drug-likeness (QED) is 0.747. The van der Waals surface area contributed by atoms with Crippen LogP contribution < -0.4 is 10.6 Å². The van der Waals surface area contributed by atoms with Gasteiger partial charge in [-0.2, -0.15) is 0 Å². The van der Waals surface area contributed by atoms with Crippen molar-refractivity contribution in [1.29, 1.82) is 0 Å². The Bertz CT molecular complexity index is 937. The first-order chi connectivity index (χ1) is 14.8. The maximum Gasteiger partial charge on any atom is 0.256 e. The minimum Gasteiger partial charge on any atom is -0.353 e. The molecule has 2 aromatic rings. The van der Waals surface area contributed by atoms with E-state index < -0.39 is 11.9 Å². The van der Waals surface area contributed by atoms with E-state index in [4.69, 9.17) is 0 Å². The molecule has 1 fully saturated rings. The van der Waals surface area contributed by atoms with Crippen LogP contribution in [0.2, 0.25) is 0 Å². The second-order valence-electron chi connectivity index (χ2n) is 7.98. The fourth-order valence-electron chi connectivity index (χ4n) is 3.80. The van der Waals surface area contributed by atoms with Crippen molar-refractivity contribution in [2.75, 3.05) is 13.1 Å². The van der Waals surface area contributed by atoms with Crippen LogP contribution in [0, 0.1) is 12.7 Å². The zero-order chi connectivity index (χ0) is 22.4. The van der Waals surface area contributed by atoms with Crippen molar-refractivity contribution in [2.24, 2.45) is 0 Å². The summed E-state index contributed by atoms with van der Waals surface area (Å²) in [6.07, 6.45) is 1.33. The van der Waals surface area contributed by atoms with E-state index >= 15 is 0 Å².